The van der Waals surface area contributed by atoms with E-state index < -0.39 is 17.8 Å². The number of aliphatic carboxylic acids is 1. The lowest BCUT2D eigenvalue weighted by atomic mass is 9.78. The van der Waals surface area contributed by atoms with E-state index in [0.717, 1.165) is 25.7 Å². The Kier molecular flexibility index (Phi) is 5.29. The summed E-state index contributed by atoms with van der Waals surface area (Å²) in [6.45, 7) is 4.94. The molecule has 142 valence electrons. The molecule has 0 spiro atoms. The molecule has 1 aromatic rings. The molecule has 2 fully saturated rings. The number of nitrogens with zero attached hydrogens (tertiary/aromatic N) is 2. The minimum atomic E-state index is -0.900. The molecular formula is C18H26N4O4. The number of fused-ring (bicyclic) bond motifs is 2. The number of carboxylic acid groups (broad SMARTS) is 1. The van der Waals surface area contributed by atoms with Crippen LogP contribution in [0.4, 0.5) is 5.69 Å². The lowest BCUT2D eigenvalue weighted by Gasteiger charge is -2.26. The highest BCUT2D eigenvalue weighted by Gasteiger charge is 2.54. The largest absolute Gasteiger partial charge is 0.481 e. The highest BCUT2D eigenvalue weighted by Crippen LogP contribution is 2.52. The van der Waals surface area contributed by atoms with Gasteiger partial charge in [-0.2, -0.15) is 5.10 Å². The lowest BCUT2D eigenvalue weighted by Crippen LogP contribution is -2.38. The van der Waals surface area contributed by atoms with Crippen molar-refractivity contribution in [1.29, 1.82) is 0 Å². The van der Waals surface area contributed by atoms with Crippen LogP contribution in [0.1, 0.15) is 50.0 Å². The number of aromatic nitrogens is 2. The number of carboxylic acids is 1. The summed E-state index contributed by atoms with van der Waals surface area (Å²) < 4.78 is 1.59. The highest BCUT2D eigenvalue weighted by atomic mass is 16.4. The zero-order chi connectivity index (χ0) is 18.8. The second kappa shape index (κ2) is 7.47. The smallest absolute Gasteiger partial charge is 0.307 e. The third-order valence-electron chi connectivity index (χ3n) is 5.60. The third kappa shape index (κ3) is 3.32. The number of hydrogen-bond donors (Lipinski definition) is 3. The van der Waals surface area contributed by atoms with E-state index in [1.807, 2.05) is 13.8 Å². The van der Waals surface area contributed by atoms with Crippen LogP contribution >= 0.6 is 0 Å². The zero-order valence-electron chi connectivity index (χ0n) is 15.2. The molecule has 0 unspecified atom stereocenters. The van der Waals surface area contributed by atoms with Crippen molar-refractivity contribution in [2.75, 3.05) is 11.9 Å². The van der Waals surface area contributed by atoms with Crippen LogP contribution in [-0.4, -0.2) is 39.2 Å². The summed E-state index contributed by atoms with van der Waals surface area (Å²) in [7, 11) is 0. The molecule has 8 heteroatoms. The number of nitrogens with one attached hydrogen (secondary N) is 2. The van der Waals surface area contributed by atoms with E-state index in [2.05, 4.69) is 15.7 Å². The summed E-state index contributed by atoms with van der Waals surface area (Å²) in [6.07, 6.45) is 5.00. The summed E-state index contributed by atoms with van der Waals surface area (Å²) in [5.74, 6) is -2.53. The maximum atomic E-state index is 12.9. The zero-order valence-corrected chi connectivity index (χ0v) is 15.2. The van der Waals surface area contributed by atoms with Crippen LogP contribution < -0.4 is 10.6 Å². The van der Waals surface area contributed by atoms with E-state index in [1.165, 1.54) is 0 Å². The third-order valence-corrected chi connectivity index (χ3v) is 5.60. The molecule has 1 aromatic heterocycles. The van der Waals surface area contributed by atoms with Gasteiger partial charge in [-0.15, -0.1) is 0 Å². The van der Waals surface area contributed by atoms with Gasteiger partial charge in [0.25, 0.3) is 5.91 Å². The topological polar surface area (TPSA) is 113 Å². The van der Waals surface area contributed by atoms with Gasteiger partial charge >= 0.3 is 5.97 Å². The van der Waals surface area contributed by atoms with Crippen molar-refractivity contribution in [2.45, 2.75) is 46.1 Å². The first kappa shape index (κ1) is 18.4. The average molecular weight is 362 g/mol. The predicted octanol–water partition coefficient (Wildman–Crippen LogP) is 1.73. The second-order valence-electron chi connectivity index (χ2n) is 7.22. The Morgan fingerprint density at radius 2 is 1.92 bits per heavy atom. The molecule has 3 rings (SSSR count). The standard InChI is InChI=1S/C18H26N4O4/c1-3-7-19-17(24)15-12(9-22(4-2)21-15)20-16(23)13-10-5-6-11(8-10)14(13)18(25)26/h9-11,13-14H,3-8H2,1-2H3,(H,19,24)(H,20,23)(H,25,26)/t10-,11-,13+,14+/m0/s1. The molecule has 2 aliphatic carbocycles. The fourth-order valence-electron chi connectivity index (χ4n) is 4.40. The number of amides is 2. The number of hydrogen-bond acceptors (Lipinski definition) is 4. The van der Waals surface area contributed by atoms with Crippen LogP contribution in [0.25, 0.3) is 0 Å². The number of carbonyl (C=O) groups excluding carboxylic acids is 2. The van der Waals surface area contributed by atoms with E-state index in [-0.39, 0.29) is 29.3 Å². The molecule has 1 heterocycles. The Balaban J connectivity index is 1.79. The van der Waals surface area contributed by atoms with Crippen molar-refractivity contribution >= 4 is 23.5 Å². The van der Waals surface area contributed by atoms with Crippen molar-refractivity contribution in [1.82, 2.24) is 15.1 Å². The Morgan fingerprint density at radius 3 is 2.54 bits per heavy atom. The molecule has 4 atom stereocenters. The van der Waals surface area contributed by atoms with Gasteiger partial charge in [-0.05, 0) is 44.4 Å². The number of carbonyl (C=O) groups is 3. The molecule has 0 radical (unpaired) electrons. The van der Waals surface area contributed by atoms with E-state index in [9.17, 15) is 19.5 Å². The summed E-state index contributed by atoms with van der Waals surface area (Å²) in [5, 5.41) is 19.3. The summed E-state index contributed by atoms with van der Waals surface area (Å²) in [5.41, 5.74) is 0.515. The van der Waals surface area contributed by atoms with Gasteiger partial charge in [0, 0.05) is 19.3 Å². The summed E-state index contributed by atoms with van der Waals surface area (Å²) in [4.78, 5) is 36.8. The molecule has 3 N–H and O–H groups in total. The molecular weight excluding hydrogens is 336 g/mol. The molecule has 2 saturated carbocycles. The maximum absolute atomic E-state index is 12.9. The summed E-state index contributed by atoms with van der Waals surface area (Å²) in [6, 6.07) is 0. The van der Waals surface area contributed by atoms with Crippen LogP contribution in [0.15, 0.2) is 6.20 Å². The number of rotatable bonds is 7. The minimum absolute atomic E-state index is 0.0824. The maximum Gasteiger partial charge on any atom is 0.307 e. The summed E-state index contributed by atoms with van der Waals surface area (Å²) >= 11 is 0. The Labute approximate surface area is 152 Å². The van der Waals surface area contributed by atoms with E-state index in [4.69, 9.17) is 0 Å². The average Bonchev–Trinajstić information content (AvgIpc) is 3.32. The number of aryl methyl sites for hydroxylation is 1. The Bertz CT molecular complexity index is 714. The van der Waals surface area contributed by atoms with Crippen molar-refractivity contribution in [3.8, 4) is 0 Å². The molecule has 2 bridgehead atoms. The van der Waals surface area contributed by atoms with Crippen LogP contribution in [0, 0.1) is 23.7 Å². The van der Waals surface area contributed by atoms with Crippen molar-refractivity contribution in [3.05, 3.63) is 11.9 Å². The van der Waals surface area contributed by atoms with Gasteiger partial charge in [0.05, 0.1) is 17.5 Å². The first-order valence-corrected chi connectivity index (χ1v) is 9.35. The van der Waals surface area contributed by atoms with Gasteiger partial charge in [0.2, 0.25) is 5.91 Å². The van der Waals surface area contributed by atoms with Crippen LogP contribution in [0.3, 0.4) is 0 Å². The van der Waals surface area contributed by atoms with E-state index in [1.54, 1.807) is 10.9 Å². The Morgan fingerprint density at radius 1 is 1.23 bits per heavy atom. The quantitative estimate of drug-likeness (QED) is 0.683. The van der Waals surface area contributed by atoms with Gasteiger partial charge in [-0.3, -0.25) is 19.1 Å². The van der Waals surface area contributed by atoms with E-state index in [0.29, 0.717) is 18.8 Å². The molecule has 26 heavy (non-hydrogen) atoms. The number of anilines is 1. The molecule has 2 aliphatic rings. The highest BCUT2D eigenvalue weighted by molar-refractivity contribution is 6.03. The first-order chi connectivity index (χ1) is 12.5. The van der Waals surface area contributed by atoms with Crippen LogP contribution in [0.2, 0.25) is 0 Å². The predicted molar refractivity (Wildman–Crippen MR) is 94.6 cm³/mol. The molecule has 0 saturated heterocycles. The Hall–Kier alpha value is -2.38. The lowest BCUT2D eigenvalue weighted by molar-refractivity contribution is -0.148. The van der Waals surface area contributed by atoms with Gasteiger partial charge in [0.15, 0.2) is 5.69 Å². The van der Waals surface area contributed by atoms with Crippen LogP contribution in [0.5, 0.6) is 0 Å². The van der Waals surface area contributed by atoms with Gasteiger partial charge in [-0.25, -0.2) is 0 Å². The van der Waals surface area contributed by atoms with Crippen molar-refractivity contribution in [2.24, 2.45) is 23.7 Å². The van der Waals surface area contributed by atoms with Crippen LogP contribution in [-0.2, 0) is 16.1 Å². The molecule has 8 nitrogen and oxygen atoms in total. The fourth-order valence-corrected chi connectivity index (χ4v) is 4.40. The molecule has 0 aromatic carbocycles. The van der Waals surface area contributed by atoms with Gasteiger partial charge in [0.1, 0.15) is 0 Å². The second-order valence-corrected chi connectivity index (χ2v) is 7.22. The first-order valence-electron chi connectivity index (χ1n) is 9.35. The fraction of sp³-hybridized carbons (Fsp3) is 0.667. The minimum Gasteiger partial charge on any atom is -0.481 e. The normalized spacial score (nSPS) is 26.7. The van der Waals surface area contributed by atoms with Crippen molar-refractivity contribution in [3.63, 3.8) is 0 Å². The van der Waals surface area contributed by atoms with Crippen molar-refractivity contribution < 1.29 is 19.5 Å². The monoisotopic (exact) mass is 362 g/mol. The van der Waals surface area contributed by atoms with Gasteiger partial charge < -0.3 is 15.7 Å². The SMILES string of the molecule is CCCNC(=O)c1nn(CC)cc1NC(=O)[C@@H]1[C@H]2CC[C@@H](C2)[C@H]1C(=O)O. The van der Waals surface area contributed by atoms with Gasteiger partial charge in [-0.1, -0.05) is 6.92 Å². The molecule has 0 aliphatic heterocycles. The molecule has 2 amide bonds. The van der Waals surface area contributed by atoms with E-state index >= 15 is 0 Å².